The fourth-order valence-corrected chi connectivity index (χ4v) is 3.35. The van der Waals surface area contributed by atoms with Gasteiger partial charge in [-0.3, -0.25) is 0 Å². The Labute approximate surface area is 125 Å². The number of aromatic nitrogens is 2. The normalized spacial score (nSPS) is 14.6. The molecule has 20 heavy (non-hydrogen) atoms. The molecule has 0 saturated heterocycles. The van der Waals surface area contributed by atoms with E-state index in [2.05, 4.69) is 23.4 Å². The Morgan fingerprint density at radius 1 is 1.30 bits per heavy atom. The molecule has 104 valence electrons. The second kappa shape index (κ2) is 5.19. The van der Waals surface area contributed by atoms with E-state index in [0.717, 1.165) is 5.52 Å². The van der Waals surface area contributed by atoms with E-state index in [1.165, 1.54) is 11.6 Å². The molecule has 0 radical (unpaired) electrons. The first-order chi connectivity index (χ1) is 9.59. The van der Waals surface area contributed by atoms with Gasteiger partial charge in [-0.2, -0.15) is 11.3 Å². The van der Waals surface area contributed by atoms with Gasteiger partial charge in [-0.1, -0.05) is 6.07 Å². The summed E-state index contributed by atoms with van der Waals surface area (Å²) in [6, 6.07) is 7.17. The lowest BCUT2D eigenvalue weighted by Gasteiger charge is -2.17. The number of rotatable bonds is 3. The van der Waals surface area contributed by atoms with E-state index in [-0.39, 0.29) is 17.2 Å². The van der Waals surface area contributed by atoms with Crippen molar-refractivity contribution in [3.63, 3.8) is 0 Å². The van der Waals surface area contributed by atoms with Crippen LogP contribution in [0, 0.1) is 5.82 Å². The molecule has 0 amide bonds. The van der Waals surface area contributed by atoms with Gasteiger partial charge in [-0.15, -0.1) is 11.6 Å². The smallest absolute Gasteiger partial charge is 0.151 e. The van der Waals surface area contributed by atoms with Crippen molar-refractivity contribution in [3.8, 4) is 0 Å². The van der Waals surface area contributed by atoms with E-state index in [0.29, 0.717) is 11.3 Å². The van der Waals surface area contributed by atoms with Gasteiger partial charge in [0, 0.05) is 0 Å². The number of imidazole rings is 1. The van der Waals surface area contributed by atoms with Crippen LogP contribution in [0.5, 0.6) is 0 Å². The first kappa shape index (κ1) is 13.6. The molecule has 2 nitrogen and oxygen atoms in total. The third kappa shape index (κ3) is 2.13. The minimum Gasteiger partial charge on any atom is -0.319 e. The highest BCUT2D eigenvalue weighted by Gasteiger charge is 2.21. The maximum absolute atomic E-state index is 13.9. The fraction of sp³-hybridized carbons (Fsp3) is 0.267. The van der Waals surface area contributed by atoms with Crippen LogP contribution in [-0.4, -0.2) is 9.55 Å². The van der Waals surface area contributed by atoms with Gasteiger partial charge in [0.15, 0.2) is 5.82 Å². The van der Waals surface area contributed by atoms with Crippen LogP contribution >= 0.6 is 22.9 Å². The average molecular weight is 309 g/mol. The zero-order valence-electron chi connectivity index (χ0n) is 11.2. The Hall–Kier alpha value is -1.39. The van der Waals surface area contributed by atoms with Gasteiger partial charge in [0.1, 0.15) is 11.3 Å². The number of benzene rings is 1. The number of thiophene rings is 1. The van der Waals surface area contributed by atoms with Crippen molar-refractivity contribution >= 4 is 34.0 Å². The van der Waals surface area contributed by atoms with Crippen LogP contribution in [0.1, 0.15) is 36.7 Å². The number of para-hydroxylation sites is 1. The third-order valence-corrected chi connectivity index (χ3v) is 4.36. The van der Waals surface area contributed by atoms with Gasteiger partial charge in [0.25, 0.3) is 0 Å². The van der Waals surface area contributed by atoms with Crippen LogP contribution in [-0.2, 0) is 0 Å². The predicted octanol–water partition coefficient (Wildman–Crippen LogP) is 5.15. The van der Waals surface area contributed by atoms with E-state index in [1.807, 2.05) is 22.9 Å². The molecule has 0 fully saturated rings. The molecule has 1 aromatic carbocycles. The molecule has 0 saturated carbocycles. The van der Waals surface area contributed by atoms with Crippen molar-refractivity contribution in [1.82, 2.24) is 9.55 Å². The zero-order valence-corrected chi connectivity index (χ0v) is 12.7. The number of halogens is 2. The first-order valence-electron chi connectivity index (χ1n) is 6.42. The van der Waals surface area contributed by atoms with Crippen LogP contribution in [0.25, 0.3) is 11.0 Å². The number of alkyl halides is 1. The summed E-state index contributed by atoms with van der Waals surface area (Å²) in [6.07, 6.45) is 0. The second-order valence-electron chi connectivity index (χ2n) is 4.80. The number of nitrogens with zero attached hydrogens (tertiary/aromatic N) is 2. The molecular formula is C15H14ClFN2S. The van der Waals surface area contributed by atoms with E-state index < -0.39 is 0 Å². The lowest BCUT2D eigenvalue weighted by Crippen LogP contribution is -2.10. The highest BCUT2D eigenvalue weighted by molar-refractivity contribution is 7.07. The Kier molecular flexibility index (Phi) is 3.52. The van der Waals surface area contributed by atoms with Crippen LogP contribution < -0.4 is 0 Å². The summed E-state index contributed by atoms with van der Waals surface area (Å²) in [5.74, 6) is 0.391. The molecule has 0 aliphatic rings. The number of fused-ring (bicyclic) bond motifs is 1. The van der Waals surface area contributed by atoms with Crippen molar-refractivity contribution in [1.29, 1.82) is 0 Å². The second-order valence-corrected chi connectivity index (χ2v) is 6.23. The summed E-state index contributed by atoms with van der Waals surface area (Å²) in [5.41, 5.74) is 2.35. The Morgan fingerprint density at radius 3 is 2.75 bits per heavy atom. The summed E-state index contributed by atoms with van der Waals surface area (Å²) in [6.45, 7) is 3.94. The van der Waals surface area contributed by atoms with Gasteiger partial charge in [-0.25, -0.2) is 9.37 Å². The zero-order chi connectivity index (χ0) is 14.3. The monoisotopic (exact) mass is 308 g/mol. The van der Waals surface area contributed by atoms with E-state index in [1.54, 1.807) is 17.4 Å². The van der Waals surface area contributed by atoms with Gasteiger partial charge in [-0.05, 0) is 48.4 Å². The summed E-state index contributed by atoms with van der Waals surface area (Å²) >= 11 is 7.88. The lowest BCUT2D eigenvalue weighted by atomic mass is 10.1. The molecule has 2 unspecified atom stereocenters. The van der Waals surface area contributed by atoms with Crippen LogP contribution in [0.2, 0.25) is 0 Å². The van der Waals surface area contributed by atoms with Crippen molar-refractivity contribution in [2.45, 2.75) is 25.3 Å². The van der Waals surface area contributed by atoms with Gasteiger partial charge in [0.05, 0.1) is 16.9 Å². The molecule has 2 heterocycles. The predicted molar refractivity (Wildman–Crippen MR) is 82.1 cm³/mol. The van der Waals surface area contributed by atoms with Crippen molar-refractivity contribution in [2.24, 2.45) is 0 Å². The van der Waals surface area contributed by atoms with Crippen molar-refractivity contribution < 1.29 is 4.39 Å². The van der Waals surface area contributed by atoms with Gasteiger partial charge < -0.3 is 4.57 Å². The molecular weight excluding hydrogens is 295 g/mol. The first-order valence-corrected chi connectivity index (χ1v) is 7.80. The number of hydrogen-bond acceptors (Lipinski definition) is 2. The Morgan fingerprint density at radius 2 is 2.10 bits per heavy atom. The van der Waals surface area contributed by atoms with Crippen molar-refractivity contribution in [3.05, 3.63) is 52.2 Å². The molecule has 2 aromatic heterocycles. The van der Waals surface area contributed by atoms with Gasteiger partial charge >= 0.3 is 0 Å². The van der Waals surface area contributed by atoms with E-state index in [4.69, 9.17) is 11.6 Å². The highest BCUT2D eigenvalue weighted by Crippen LogP contribution is 2.32. The summed E-state index contributed by atoms with van der Waals surface area (Å²) < 4.78 is 16.0. The van der Waals surface area contributed by atoms with Crippen LogP contribution in [0.4, 0.5) is 4.39 Å². The highest BCUT2D eigenvalue weighted by atomic mass is 35.5. The van der Waals surface area contributed by atoms with Crippen LogP contribution in [0.15, 0.2) is 35.0 Å². The molecule has 0 spiro atoms. The third-order valence-electron chi connectivity index (χ3n) is 3.47. The summed E-state index contributed by atoms with van der Waals surface area (Å²) in [4.78, 5) is 4.40. The number of hydrogen-bond donors (Lipinski definition) is 0. The van der Waals surface area contributed by atoms with E-state index in [9.17, 15) is 4.39 Å². The summed E-state index contributed by atoms with van der Waals surface area (Å²) in [5, 5.41) is 3.86. The minimum absolute atomic E-state index is 0.0734. The minimum atomic E-state index is -0.308. The maximum atomic E-state index is 13.9. The molecule has 0 N–H and O–H groups in total. The summed E-state index contributed by atoms with van der Waals surface area (Å²) in [7, 11) is 0. The Bertz CT molecular complexity index is 734. The molecule has 0 aliphatic carbocycles. The van der Waals surface area contributed by atoms with Gasteiger partial charge in [0.2, 0.25) is 0 Å². The fourth-order valence-electron chi connectivity index (χ4n) is 2.45. The largest absolute Gasteiger partial charge is 0.319 e. The molecule has 0 bridgehead atoms. The molecule has 5 heteroatoms. The van der Waals surface area contributed by atoms with Crippen LogP contribution in [0.3, 0.4) is 0 Å². The Balaban J connectivity index is 2.27. The SMILES string of the molecule is CC(Cl)c1nc2c(F)cccc2n1C(C)c1ccsc1. The maximum Gasteiger partial charge on any atom is 0.151 e. The molecule has 3 rings (SSSR count). The van der Waals surface area contributed by atoms with Crippen molar-refractivity contribution in [2.75, 3.05) is 0 Å². The topological polar surface area (TPSA) is 17.8 Å². The average Bonchev–Trinajstić information content (AvgIpc) is 3.06. The van der Waals surface area contributed by atoms with E-state index >= 15 is 0 Å². The molecule has 2 atom stereocenters. The standard InChI is InChI=1S/C15H14ClFN2S/c1-9(16)15-18-14-12(17)4-3-5-13(14)19(15)10(2)11-6-7-20-8-11/h3-10H,1-2H3. The molecule has 3 aromatic rings. The lowest BCUT2D eigenvalue weighted by molar-refractivity contribution is 0.620. The quantitative estimate of drug-likeness (QED) is 0.612. The molecule has 0 aliphatic heterocycles.